The second kappa shape index (κ2) is 8.89. The van der Waals surface area contributed by atoms with Crippen LogP contribution in [0, 0.1) is 0 Å². The van der Waals surface area contributed by atoms with E-state index in [1.807, 2.05) is 66.7 Å². The third kappa shape index (κ3) is 4.25. The van der Waals surface area contributed by atoms with Crippen LogP contribution in [0.1, 0.15) is 21.5 Å². The number of benzene rings is 4. The normalized spacial score (nSPS) is 13.1. The van der Waals surface area contributed by atoms with Crippen LogP contribution in [0.5, 0.6) is 0 Å². The average molecular weight is 439 g/mol. The average Bonchev–Trinajstić information content (AvgIpc) is 2.84. The van der Waals surface area contributed by atoms with Crippen molar-refractivity contribution in [3.8, 4) is 0 Å². The molecular weight excluding hydrogens is 416 g/mol. The van der Waals surface area contributed by atoms with Crippen molar-refractivity contribution in [3.63, 3.8) is 0 Å². The van der Waals surface area contributed by atoms with Gasteiger partial charge in [0.2, 0.25) is 5.91 Å². The minimum absolute atomic E-state index is 0.0556. The van der Waals surface area contributed by atoms with Crippen LogP contribution in [0.15, 0.2) is 95.9 Å². The number of carbonyl (C=O) groups excluding carboxylic acids is 2. The summed E-state index contributed by atoms with van der Waals surface area (Å²) in [6.45, 7) is 0.942. The predicted molar refractivity (Wildman–Crippen MR) is 130 cm³/mol. The van der Waals surface area contributed by atoms with Gasteiger partial charge in [-0.25, -0.2) is 0 Å². The molecule has 4 nitrogen and oxygen atoms in total. The number of nitrogens with zero attached hydrogens (tertiary/aromatic N) is 1. The molecule has 0 aromatic heterocycles. The third-order valence-electron chi connectivity index (χ3n) is 5.61. The molecule has 4 aromatic rings. The van der Waals surface area contributed by atoms with Crippen molar-refractivity contribution < 1.29 is 9.59 Å². The van der Waals surface area contributed by atoms with Gasteiger partial charge in [-0.15, -0.1) is 11.8 Å². The van der Waals surface area contributed by atoms with E-state index in [-0.39, 0.29) is 11.8 Å². The summed E-state index contributed by atoms with van der Waals surface area (Å²) in [7, 11) is 0. The van der Waals surface area contributed by atoms with E-state index in [0.29, 0.717) is 24.4 Å². The summed E-state index contributed by atoms with van der Waals surface area (Å²) < 4.78 is 0. The maximum Gasteiger partial charge on any atom is 0.251 e. The summed E-state index contributed by atoms with van der Waals surface area (Å²) in [4.78, 5) is 28.4. The molecule has 0 fully saturated rings. The number of hydrogen-bond donors (Lipinski definition) is 1. The van der Waals surface area contributed by atoms with Crippen LogP contribution >= 0.6 is 11.8 Å². The zero-order valence-corrected chi connectivity index (χ0v) is 18.3. The molecule has 0 atom stereocenters. The summed E-state index contributed by atoms with van der Waals surface area (Å²) in [6, 6.07) is 29.9. The highest BCUT2D eigenvalue weighted by Gasteiger charge is 2.26. The van der Waals surface area contributed by atoms with Crippen molar-refractivity contribution in [3.05, 3.63) is 108 Å². The summed E-state index contributed by atoms with van der Waals surface area (Å²) in [6.07, 6.45) is 0. The fraction of sp³-hybridized carbons (Fsp3) is 0.111. The van der Waals surface area contributed by atoms with Crippen molar-refractivity contribution >= 4 is 40.0 Å². The quantitative estimate of drug-likeness (QED) is 0.453. The molecule has 0 bridgehead atoms. The van der Waals surface area contributed by atoms with E-state index < -0.39 is 0 Å². The highest BCUT2D eigenvalue weighted by atomic mass is 32.2. The molecule has 1 aliphatic rings. The van der Waals surface area contributed by atoms with Crippen LogP contribution in [0.4, 0.5) is 5.69 Å². The molecular formula is C27H22N2O2S. The molecule has 1 aliphatic heterocycles. The maximum absolute atomic E-state index is 12.9. The monoisotopic (exact) mass is 438 g/mol. The lowest BCUT2D eigenvalue weighted by molar-refractivity contribution is -0.116. The van der Waals surface area contributed by atoms with Crippen LogP contribution < -0.4 is 10.2 Å². The minimum atomic E-state index is -0.149. The first kappa shape index (κ1) is 20.3. The van der Waals surface area contributed by atoms with Crippen LogP contribution in [0.3, 0.4) is 0 Å². The highest BCUT2D eigenvalue weighted by molar-refractivity contribution is 8.00. The summed E-state index contributed by atoms with van der Waals surface area (Å²) in [5, 5.41) is 5.34. The molecule has 32 heavy (non-hydrogen) atoms. The summed E-state index contributed by atoms with van der Waals surface area (Å²) in [5.41, 5.74) is 3.46. The molecule has 158 valence electrons. The van der Waals surface area contributed by atoms with Gasteiger partial charge in [0.05, 0.1) is 18.0 Å². The lowest BCUT2D eigenvalue weighted by atomic mass is 10.1. The van der Waals surface area contributed by atoms with Crippen LogP contribution in [0.2, 0.25) is 0 Å². The number of hydrogen-bond acceptors (Lipinski definition) is 3. The fourth-order valence-corrected chi connectivity index (χ4v) is 4.83. The third-order valence-corrected chi connectivity index (χ3v) is 6.66. The maximum atomic E-state index is 12.9. The SMILES string of the molecule is O=C(NCc1ccc2ccccc2c1)c1ccc2c(c1)N(Cc1ccccc1)C(=O)CS2. The number of fused-ring (bicyclic) bond motifs is 2. The van der Waals surface area contributed by atoms with E-state index in [9.17, 15) is 9.59 Å². The largest absolute Gasteiger partial charge is 0.348 e. The number of thioether (sulfide) groups is 1. The Morgan fingerprint density at radius 2 is 1.62 bits per heavy atom. The molecule has 0 saturated heterocycles. The molecule has 5 heteroatoms. The smallest absolute Gasteiger partial charge is 0.251 e. The van der Waals surface area contributed by atoms with Crippen molar-refractivity contribution in [1.82, 2.24) is 5.32 Å². The van der Waals surface area contributed by atoms with Gasteiger partial charge in [0, 0.05) is 17.0 Å². The van der Waals surface area contributed by atoms with Gasteiger partial charge in [0.25, 0.3) is 5.91 Å². The molecule has 0 unspecified atom stereocenters. The molecule has 0 spiro atoms. The topological polar surface area (TPSA) is 49.4 Å². The van der Waals surface area contributed by atoms with Gasteiger partial charge in [-0.3, -0.25) is 9.59 Å². The van der Waals surface area contributed by atoms with Crippen molar-refractivity contribution in [2.45, 2.75) is 18.0 Å². The van der Waals surface area contributed by atoms with Gasteiger partial charge in [0.1, 0.15) is 0 Å². The molecule has 0 saturated carbocycles. The van der Waals surface area contributed by atoms with Gasteiger partial charge in [-0.2, -0.15) is 0 Å². The molecule has 4 aromatic carbocycles. The van der Waals surface area contributed by atoms with Crippen LogP contribution in [-0.2, 0) is 17.9 Å². The Hall–Kier alpha value is -3.57. The second-order valence-corrected chi connectivity index (χ2v) is 8.82. The number of rotatable bonds is 5. The summed E-state index contributed by atoms with van der Waals surface area (Å²) >= 11 is 1.52. The standard InChI is InChI=1S/C27H22N2O2S/c30-26-18-32-25-13-12-23(15-24(25)29(26)17-19-6-2-1-3-7-19)27(31)28-16-20-10-11-21-8-4-5-9-22(21)14-20/h1-15H,16-18H2,(H,28,31). The highest BCUT2D eigenvalue weighted by Crippen LogP contribution is 2.37. The first-order valence-electron chi connectivity index (χ1n) is 10.5. The molecule has 0 radical (unpaired) electrons. The van der Waals surface area contributed by atoms with Crippen LogP contribution in [0.25, 0.3) is 10.8 Å². The molecule has 0 aliphatic carbocycles. The number of carbonyl (C=O) groups is 2. The Labute approximate surface area is 191 Å². The van der Waals surface area contributed by atoms with Gasteiger partial charge in [-0.05, 0) is 46.2 Å². The van der Waals surface area contributed by atoms with E-state index >= 15 is 0 Å². The Kier molecular flexibility index (Phi) is 5.65. The lowest BCUT2D eigenvalue weighted by Crippen LogP contribution is -2.35. The van der Waals surface area contributed by atoms with E-state index in [1.54, 1.807) is 4.90 Å². The number of anilines is 1. The lowest BCUT2D eigenvalue weighted by Gasteiger charge is -2.29. The Morgan fingerprint density at radius 3 is 2.47 bits per heavy atom. The first-order chi connectivity index (χ1) is 15.7. The van der Waals surface area contributed by atoms with E-state index in [1.165, 1.54) is 17.1 Å². The Bertz CT molecular complexity index is 1300. The minimum Gasteiger partial charge on any atom is -0.348 e. The first-order valence-corrected chi connectivity index (χ1v) is 11.5. The van der Waals surface area contributed by atoms with E-state index in [2.05, 4.69) is 29.6 Å². The van der Waals surface area contributed by atoms with Crippen molar-refractivity contribution in [1.29, 1.82) is 0 Å². The molecule has 1 heterocycles. The molecule has 2 amide bonds. The van der Waals surface area contributed by atoms with Gasteiger partial charge >= 0.3 is 0 Å². The Morgan fingerprint density at radius 1 is 0.844 bits per heavy atom. The summed E-state index contributed by atoms with van der Waals surface area (Å²) in [5.74, 6) is 0.316. The second-order valence-electron chi connectivity index (χ2n) is 7.80. The van der Waals surface area contributed by atoms with E-state index in [4.69, 9.17) is 0 Å². The number of nitrogens with one attached hydrogen (secondary N) is 1. The van der Waals surface area contributed by atoms with Gasteiger partial charge in [0.15, 0.2) is 0 Å². The van der Waals surface area contributed by atoms with Crippen molar-refractivity contribution in [2.24, 2.45) is 0 Å². The van der Waals surface area contributed by atoms with Gasteiger partial charge in [-0.1, -0.05) is 66.7 Å². The predicted octanol–water partition coefficient (Wildman–Crippen LogP) is 5.41. The number of amides is 2. The zero-order chi connectivity index (χ0) is 21.9. The molecule has 1 N–H and O–H groups in total. The fourth-order valence-electron chi connectivity index (χ4n) is 3.92. The van der Waals surface area contributed by atoms with Crippen LogP contribution in [-0.4, -0.2) is 17.6 Å². The Balaban J connectivity index is 1.34. The van der Waals surface area contributed by atoms with E-state index in [0.717, 1.165) is 27.1 Å². The van der Waals surface area contributed by atoms with Gasteiger partial charge < -0.3 is 10.2 Å². The molecule has 5 rings (SSSR count). The van der Waals surface area contributed by atoms with Crippen molar-refractivity contribution in [2.75, 3.05) is 10.7 Å². The zero-order valence-electron chi connectivity index (χ0n) is 17.5.